The zero-order valence-corrected chi connectivity index (χ0v) is 21.8. The number of pyridine rings is 2. The number of hydrogen-bond donors (Lipinski definition) is 0. The van der Waals surface area contributed by atoms with Gasteiger partial charge in [0, 0.05) is 0 Å². The predicted molar refractivity (Wildman–Crippen MR) is 121 cm³/mol. The maximum Gasteiger partial charge on any atom is 0.141 e. The number of halogens is 3. The van der Waals surface area contributed by atoms with E-state index in [2.05, 4.69) is 46.7 Å². The molecule has 0 aliphatic carbocycles. The van der Waals surface area contributed by atoms with Crippen LogP contribution >= 0.6 is 15.9 Å². The Morgan fingerprint density at radius 2 is 1.21 bits per heavy atom. The summed E-state index contributed by atoms with van der Waals surface area (Å²) in [5.74, 6) is -0.511. The first-order valence-electron chi connectivity index (χ1n) is 10.4. The van der Waals surface area contributed by atoms with Gasteiger partial charge in [0.05, 0.1) is 6.20 Å². The molecule has 0 saturated heterocycles. The average molecular weight is 562 g/mol. The molecule has 28 heavy (non-hydrogen) atoms. The predicted octanol–water partition coefficient (Wildman–Crippen LogP) is 7.26. The Morgan fingerprint density at radius 1 is 0.750 bits per heavy atom. The molecule has 2 heterocycles. The van der Waals surface area contributed by atoms with Gasteiger partial charge in [-0.1, -0.05) is 0 Å². The molecule has 0 fully saturated rings. The molecular formula is C22H33BrF2N2Sn. The van der Waals surface area contributed by atoms with Crippen LogP contribution in [-0.4, -0.2) is 28.3 Å². The summed E-state index contributed by atoms with van der Waals surface area (Å²) in [4.78, 5) is 8.15. The molecule has 0 radical (unpaired) electrons. The molecule has 0 amide bonds. The van der Waals surface area contributed by atoms with E-state index in [4.69, 9.17) is 0 Å². The van der Waals surface area contributed by atoms with Crippen LogP contribution in [0.4, 0.5) is 8.78 Å². The van der Waals surface area contributed by atoms with Crippen LogP contribution in [0.5, 0.6) is 0 Å². The summed E-state index contributed by atoms with van der Waals surface area (Å²) in [6.45, 7) is 6.82. The maximum absolute atomic E-state index is 13.2. The van der Waals surface area contributed by atoms with Crippen LogP contribution in [-0.2, 0) is 0 Å². The Bertz CT molecular complexity index is 608. The normalized spacial score (nSPS) is 11.1. The molecular weight excluding hydrogens is 529 g/mol. The molecule has 0 aliphatic rings. The molecule has 0 spiro atoms. The van der Waals surface area contributed by atoms with Crippen molar-refractivity contribution in [3.8, 4) is 0 Å². The molecule has 2 aromatic heterocycles. The fourth-order valence-electron chi connectivity index (χ4n) is 3.35. The average Bonchev–Trinajstić information content (AvgIpc) is 2.71. The van der Waals surface area contributed by atoms with E-state index in [1.807, 2.05) is 6.07 Å². The topological polar surface area (TPSA) is 25.8 Å². The van der Waals surface area contributed by atoms with Gasteiger partial charge in [-0.05, 0) is 28.1 Å². The van der Waals surface area contributed by atoms with Gasteiger partial charge in [0.1, 0.15) is 10.4 Å². The minimum Gasteiger partial charge on any atom is -0.246 e. The minimum atomic E-state index is -2.40. The van der Waals surface area contributed by atoms with Crippen molar-refractivity contribution in [3.63, 3.8) is 0 Å². The van der Waals surface area contributed by atoms with Crippen LogP contribution < -0.4 is 3.71 Å². The molecule has 156 valence electrons. The smallest absolute Gasteiger partial charge is 0.141 e. The van der Waals surface area contributed by atoms with Crippen molar-refractivity contribution in [2.75, 3.05) is 0 Å². The van der Waals surface area contributed by atoms with Crippen LogP contribution in [0, 0.1) is 11.6 Å². The molecule has 0 unspecified atom stereocenters. The summed E-state index contributed by atoms with van der Waals surface area (Å²) < 4.78 is 31.3. The van der Waals surface area contributed by atoms with E-state index in [1.165, 1.54) is 67.8 Å². The Labute approximate surface area is 181 Å². The summed E-state index contributed by atoms with van der Waals surface area (Å²) >= 11 is 0.663. The van der Waals surface area contributed by atoms with Crippen LogP contribution in [0.2, 0.25) is 13.3 Å². The number of unbranched alkanes of at least 4 members (excludes halogenated alkanes) is 3. The second-order valence-corrected chi connectivity index (χ2v) is 21.1. The van der Waals surface area contributed by atoms with Gasteiger partial charge in [-0.3, -0.25) is 0 Å². The number of nitrogens with zero attached hydrogens (tertiary/aromatic N) is 2. The number of hydrogen-bond acceptors (Lipinski definition) is 2. The van der Waals surface area contributed by atoms with Crippen LogP contribution in [0.1, 0.15) is 59.3 Å². The van der Waals surface area contributed by atoms with Crippen molar-refractivity contribution < 1.29 is 8.78 Å². The van der Waals surface area contributed by atoms with Crippen molar-refractivity contribution in [1.82, 2.24) is 9.97 Å². The summed E-state index contributed by atoms with van der Waals surface area (Å²) in [7, 11) is 0. The second kappa shape index (κ2) is 14.4. The van der Waals surface area contributed by atoms with E-state index < -0.39 is 18.4 Å². The zero-order chi connectivity index (χ0) is 20.8. The molecule has 0 atom stereocenters. The fraction of sp³-hybridized carbons (Fsp3) is 0.545. The third kappa shape index (κ3) is 9.29. The Balaban J connectivity index is 0.000000406. The van der Waals surface area contributed by atoms with E-state index in [0.29, 0.717) is 4.60 Å². The Hall–Kier alpha value is -0.561. The molecule has 2 nitrogen and oxygen atoms in total. The van der Waals surface area contributed by atoms with Gasteiger partial charge in [0.15, 0.2) is 0 Å². The summed E-state index contributed by atoms with van der Waals surface area (Å²) in [5.41, 5.74) is 0. The first-order valence-corrected chi connectivity index (χ1v) is 18.6. The van der Waals surface area contributed by atoms with E-state index in [0.717, 1.165) is 6.20 Å². The van der Waals surface area contributed by atoms with Crippen molar-refractivity contribution >= 4 is 38.0 Å². The molecule has 0 N–H and O–H groups in total. The van der Waals surface area contributed by atoms with Crippen LogP contribution in [0.15, 0.2) is 41.3 Å². The van der Waals surface area contributed by atoms with Gasteiger partial charge in [-0.15, -0.1) is 0 Å². The van der Waals surface area contributed by atoms with E-state index in [1.54, 1.807) is 12.1 Å². The third-order valence-electron chi connectivity index (χ3n) is 4.99. The molecule has 2 rings (SSSR count). The van der Waals surface area contributed by atoms with Crippen molar-refractivity contribution in [2.24, 2.45) is 0 Å². The molecule has 0 bridgehead atoms. The summed E-state index contributed by atoms with van der Waals surface area (Å²) in [5, 5.41) is 0. The van der Waals surface area contributed by atoms with E-state index >= 15 is 0 Å². The molecule has 0 saturated carbocycles. The first kappa shape index (κ1) is 25.5. The van der Waals surface area contributed by atoms with E-state index in [-0.39, 0.29) is 11.6 Å². The van der Waals surface area contributed by atoms with Crippen molar-refractivity contribution in [3.05, 3.63) is 52.9 Å². The zero-order valence-electron chi connectivity index (χ0n) is 17.4. The van der Waals surface area contributed by atoms with Crippen molar-refractivity contribution in [1.29, 1.82) is 0 Å². The number of rotatable bonds is 10. The minimum absolute atomic E-state index is 0.199. The Morgan fingerprint density at radius 3 is 1.54 bits per heavy atom. The van der Waals surface area contributed by atoms with Crippen LogP contribution in [0.3, 0.4) is 0 Å². The molecule has 2 aromatic rings. The van der Waals surface area contributed by atoms with Gasteiger partial charge >= 0.3 is 128 Å². The van der Waals surface area contributed by atoms with E-state index in [9.17, 15) is 8.78 Å². The molecule has 0 aliphatic heterocycles. The quantitative estimate of drug-likeness (QED) is 0.225. The fourth-order valence-corrected chi connectivity index (χ4v) is 19.0. The maximum atomic E-state index is 13.2. The second-order valence-electron chi connectivity index (χ2n) is 7.25. The summed E-state index contributed by atoms with van der Waals surface area (Å²) in [6, 6.07) is 6.52. The van der Waals surface area contributed by atoms with Gasteiger partial charge in [0.25, 0.3) is 0 Å². The SMILES string of the molecule is CCC[CH2][Sn]([CH2]CCC)([CH2]CCC)[c]1ccc(F)cn1.Fc1ccc(Br)nc1. The largest absolute Gasteiger partial charge is 0.246 e. The summed E-state index contributed by atoms with van der Waals surface area (Å²) in [6.07, 6.45) is 10.3. The monoisotopic (exact) mass is 562 g/mol. The van der Waals surface area contributed by atoms with Gasteiger partial charge in [-0.2, -0.15) is 0 Å². The van der Waals surface area contributed by atoms with Crippen LogP contribution in [0.25, 0.3) is 0 Å². The van der Waals surface area contributed by atoms with Gasteiger partial charge in [-0.25, -0.2) is 9.37 Å². The van der Waals surface area contributed by atoms with Gasteiger partial charge < -0.3 is 0 Å². The standard InChI is InChI=1S/C5H3BrFN.C5H3FN.3C4H9.Sn/c6-5-2-1-4(7)3-8-5;6-5-2-1-3-7-4-5;3*1-3-4-2;/h1-3H;1-2,4H;3*1,3-4H2,2H3;. The number of aromatic nitrogens is 2. The van der Waals surface area contributed by atoms with Gasteiger partial charge in [0.2, 0.25) is 0 Å². The molecule has 6 heteroatoms. The molecule has 0 aromatic carbocycles. The third-order valence-corrected chi connectivity index (χ3v) is 20.6. The Kier molecular flexibility index (Phi) is 13.1. The first-order chi connectivity index (χ1) is 13.5. The van der Waals surface area contributed by atoms with Crippen molar-refractivity contribution in [2.45, 2.75) is 72.6 Å².